The minimum absolute atomic E-state index is 0. The van der Waals surface area contributed by atoms with E-state index in [1.54, 1.807) is 6.07 Å². The SMILES string of the molecule is CCC(C)(C)c1cc(CCCCCCC(C)C)c(O)c(C(=O)[O-])c1.[K+]. The zero-order chi connectivity index (χ0) is 18.3. The van der Waals surface area contributed by atoms with Gasteiger partial charge in [-0.25, -0.2) is 0 Å². The van der Waals surface area contributed by atoms with Crippen LogP contribution in [0, 0.1) is 5.92 Å². The summed E-state index contributed by atoms with van der Waals surface area (Å²) in [6.45, 7) is 10.7. The van der Waals surface area contributed by atoms with Crippen molar-refractivity contribution >= 4 is 5.97 Å². The number of hydrogen-bond acceptors (Lipinski definition) is 3. The van der Waals surface area contributed by atoms with Gasteiger partial charge in [-0.3, -0.25) is 0 Å². The fraction of sp³-hybridized carbons (Fsp3) is 0.667. The molecule has 0 heterocycles. The van der Waals surface area contributed by atoms with Gasteiger partial charge in [0, 0.05) is 5.56 Å². The van der Waals surface area contributed by atoms with E-state index in [-0.39, 0.29) is 68.1 Å². The van der Waals surface area contributed by atoms with Crippen molar-refractivity contribution in [2.24, 2.45) is 5.92 Å². The summed E-state index contributed by atoms with van der Waals surface area (Å²) in [7, 11) is 0. The zero-order valence-corrected chi connectivity index (χ0v) is 20.1. The Morgan fingerprint density at radius 3 is 2.28 bits per heavy atom. The van der Waals surface area contributed by atoms with Gasteiger partial charge in [0.15, 0.2) is 0 Å². The number of rotatable bonds is 10. The summed E-state index contributed by atoms with van der Waals surface area (Å²) >= 11 is 0. The maximum absolute atomic E-state index is 11.3. The van der Waals surface area contributed by atoms with Crippen LogP contribution in [0.2, 0.25) is 0 Å². The van der Waals surface area contributed by atoms with Crippen molar-refractivity contribution < 1.29 is 66.4 Å². The van der Waals surface area contributed by atoms with Gasteiger partial charge in [-0.2, -0.15) is 0 Å². The molecule has 3 nitrogen and oxygen atoms in total. The van der Waals surface area contributed by atoms with Crippen molar-refractivity contribution in [1.82, 2.24) is 0 Å². The first-order chi connectivity index (χ1) is 11.2. The number of carboxylic acid groups (broad SMARTS) is 1. The minimum atomic E-state index is -1.31. The van der Waals surface area contributed by atoms with Gasteiger partial charge in [0.2, 0.25) is 0 Å². The summed E-state index contributed by atoms with van der Waals surface area (Å²) < 4.78 is 0. The topological polar surface area (TPSA) is 60.4 Å². The number of aromatic hydroxyl groups is 1. The summed E-state index contributed by atoms with van der Waals surface area (Å²) in [6, 6.07) is 3.54. The number of phenols is 1. The fourth-order valence-electron chi connectivity index (χ4n) is 2.86. The Hall–Kier alpha value is 0.126. The van der Waals surface area contributed by atoms with Crippen LogP contribution in [0.15, 0.2) is 12.1 Å². The summed E-state index contributed by atoms with van der Waals surface area (Å²) in [5.41, 5.74) is 1.49. The van der Waals surface area contributed by atoms with E-state index in [1.165, 1.54) is 19.3 Å². The van der Waals surface area contributed by atoms with Crippen molar-refractivity contribution in [1.29, 1.82) is 0 Å². The first-order valence-electron chi connectivity index (χ1n) is 9.26. The Morgan fingerprint density at radius 1 is 1.16 bits per heavy atom. The molecule has 25 heavy (non-hydrogen) atoms. The number of carbonyl (C=O) groups excluding carboxylic acids is 1. The second kappa shape index (κ2) is 11.8. The van der Waals surface area contributed by atoms with Crippen LogP contribution in [-0.2, 0) is 11.8 Å². The molecule has 0 bridgehead atoms. The number of aryl methyl sites for hydroxylation is 1. The molecule has 0 aliphatic carbocycles. The van der Waals surface area contributed by atoms with Crippen molar-refractivity contribution in [3.63, 3.8) is 0 Å². The molecule has 0 fully saturated rings. The molecule has 0 unspecified atom stereocenters. The van der Waals surface area contributed by atoms with Crippen LogP contribution in [0.4, 0.5) is 0 Å². The minimum Gasteiger partial charge on any atom is -0.545 e. The molecule has 4 heteroatoms. The molecule has 0 saturated heterocycles. The van der Waals surface area contributed by atoms with Crippen molar-refractivity contribution in [3.05, 3.63) is 28.8 Å². The zero-order valence-electron chi connectivity index (χ0n) is 16.9. The maximum atomic E-state index is 11.3. The molecule has 1 N–H and O–H groups in total. The molecule has 0 aromatic heterocycles. The molecule has 0 amide bonds. The molecular weight excluding hydrogens is 339 g/mol. The molecular formula is C21H33KO3. The molecule has 0 saturated carbocycles. The molecule has 136 valence electrons. The second-order valence-electron chi connectivity index (χ2n) is 7.90. The Balaban J connectivity index is 0.00000576. The molecule has 0 radical (unpaired) electrons. The van der Waals surface area contributed by atoms with Gasteiger partial charge in [-0.1, -0.05) is 66.4 Å². The van der Waals surface area contributed by atoms with Crippen LogP contribution < -0.4 is 56.5 Å². The van der Waals surface area contributed by atoms with Crippen LogP contribution in [0.3, 0.4) is 0 Å². The molecule has 1 rings (SSSR count). The number of benzene rings is 1. The summed E-state index contributed by atoms with van der Waals surface area (Å²) in [4.78, 5) is 11.3. The number of aromatic carboxylic acids is 1. The van der Waals surface area contributed by atoms with Crippen LogP contribution in [0.5, 0.6) is 5.75 Å². The van der Waals surface area contributed by atoms with Crippen molar-refractivity contribution in [2.45, 2.75) is 85.0 Å². The predicted octanol–water partition coefficient (Wildman–Crippen LogP) is 1.60. The van der Waals surface area contributed by atoms with E-state index < -0.39 is 5.97 Å². The third kappa shape index (κ3) is 8.13. The first-order valence-corrected chi connectivity index (χ1v) is 9.26. The third-order valence-corrected chi connectivity index (χ3v) is 5.05. The van der Waals surface area contributed by atoms with Crippen LogP contribution in [0.25, 0.3) is 0 Å². The Bertz CT molecular complexity index is 550. The largest absolute Gasteiger partial charge is 1.00 e. The maximum Gasteiger partial charge on any atom is 1.00 e. The van der Waals surface area contributed by atoms with Gasteiger partial charge in [0.1, 0.15) is 5.75 Å². The van der Waals surface area contributed by atoms with Crippen LogP contribution in [-0.4, -0.2) is 11.1 Å². The van der Waals surface area contributed by atoms with Gasteiger partial charge in [-0.05, 0) is 47.8 Å². The van der Waals surface area contributed by atoms with E-state index >= 15 is 0 Å². The average molecular weight is 373 g/mol. The van der Waals surface area contributed by atoms with E-state index in [4.69, 9.17) is 0 Å². The van der Waals surface area contributed by atoms with E-state index in [0.29, 0.717) is 6.42 Å². The standard InChI is InChI=1S/C21H34O3.K/c1-6-21(4,5)17-13-16(19(22)18(14-17)20(23)24)12-10-8-7-9-11-15(2)3;/h13-15,22H,6-12H2,1-5H3,(H,23,24);/q;+1/p-1. The normalized spacial score (nSPS) is 11.4. The molecule has 0 atom stereocenters. The van der Waals surface area contributed by atoms with Crippen molar-refractivity contribution in [3.8, 4) is 5.75 Å². The molecule has 1 aromatic carbocycles. The molecule has 0 aliphatic rings. The smallest absolute Gasteiger partial charge is 0.545 e. The molecule has 0 aliphatic heterocycles. The van der Waals surface area contributed by atoms with Gasteiger partial charge < -0.3 is 15.0 Å². The van der Waals surface area contributed by atoms with Gasteiger partial charge in [-0.15, -0.1) is 0 Å². The number of carbonyl (C=O) groups is 1. The number of unbranched alkanes of at least 4 members (excludes halogenated alkanes) is 3. The second-order valence-corrected chi connectivity index (χ2v) is 7.90. The third-order valence-electron chi connectivity index (χ3n) is 5.05. The average Bonchev–Trinajstić information content (AvgIpc) is 2.51. The van der Waals surface area contributed by atoms with E-state index in [2.05, 4.69) is 34.6 Å². The van der Waals surface area contributed by atoms with Gasteiger partial charge in [0.25, 0.3) is 0 Å². The number of carboxylic acids is 1. The Labute approximate surface area is 196 Å². The Kier molecular flexibility index (Phi) is 11.8. The van der Waals surface area contributed by atoms with Gasteiger partial charge >= 0.3 is 51.4 Å². The van der Waals surface area contributed by atoms with Crippen molar-refractivity contribution in [2.75, 3.05) is 0 Å². The summed E-state index contributed by atoms with van der Waals surface area (Å²) in [5.74, 6) is -0.681. The van der Waals surface area contributed by atoms with E-state index in [0.717, 1.165) is 36.3 Å². The van der Waals surface area contributed by atoms with E-state index in [1.807, 2.05) is 6.07 Å². The monoisotopic (exact) mass is 372 g/mol. The fourth-order valence-corrected chi connectivity index (χ4v) is 2.86. The first kappa shape index (κ1) is 25.1. The summed E-state index contributed by atoms with van der Waals surface area (Å²) in [5, 5.41) is 21.6. The van der Waals surface area contributed by atoms with Gasteiger partial charge in [0.05, 0.1) is 5.97 Å². The van der Waals surface area contributed by atoms with Crippen LogP contribution in [0.1, 0.15) is 94.6 Å². The molecule has 0 spiro atoms. The molecule has 1 aromatic rings. The van der Waals surface area contributed by atoms with E-state index in [9.17, 15) is 15.0 Å². The predicted molar refractivity (Wildman–Crippen MR) is 97.4 cm³/mol. The quantitative estimate of drug-likeness (QED) is 0.501. The Morgan fingerprint density at radius 2 is 1.76 bits per heavy atom. The van der Waals surface area contributed by atoms with Crippen LogP contribution >= 0.6 is 0 Å². The number of hydrogen-bond donors (Lipinski definition) is 1. The summed E-state index contributed by atoms with van der Waals surface area (Å²) in [6.07, 6.45) is 7.35.